The van der Waals surface area contributed by atoms with E-state index in [0.29, 0.717) is 29.8 Å². The third kappa shape index (κ3) is 3.89. The summed E-state index contributed by atoms with van der Waals surface area (Å²) < 4.78 is 1.60. The third-order valence-corrected chi connectivity index (χ3v) is 5.96. The van der Waals surface area contributed by atoms with E-state index < -0.39 is 11.9 Å². The number of nitrogens with two attached hydrogens (primary N) is 1. The second kappa shape index (κ2) is 8.34. The van der Waals surface area contributed by atoms with Crippen LogP contribution < -0.4 is 11.3 Å². The van der Waals surface area contributed by atoms with Gasteiger partial charge in [0, 0.05) is 25.8 Å². The van der Waals surface area contributed by atoms with Gasteiger partial charge in [-0.05, 0) is 23.3 Å². The van der Waals surface area contributed by atoms with Crippen LogP contribution in [0, 0.1) is 0 Å². The fraction of sp³-hybridized carbons (Fsp3) is 0.208. The number of aromatic nitrogens is 4. The molecule has 3 heterocycles. The van der Waals surface area contributed by atoms with Crippen molar-refractivity contribution < 1.29 is 9.59 Å². The Balaban J connectivity index is 1.39. The van der Waals surface area contributed by atoms with Crippen molar-refractivity contribution in [3.8, 4) is 5.69 Å². The van der Waals surface area contributed by atoms with E-state index in [9.17, 15) is 14.4 Å². The molecule has 0 saturated heterocycles. The van der Waals surface area contributed by atoms with Crippen molar-refractivity contribution in [1.82, 2.24) is 24.6 Å². The van der Waals surface area contributed by atoms with Crippen molar-refractivity contribution in [1.29, 1.82) is 0 Å². The number of amides is 2. The van der Waals surface area contributed by atoms with Crippen molar-refractivity contribution in [2.75, 3.05) is 0 Å². The molecule has 2 aromatic carbocycles. The lowest BCUT2D eigenvalue weighted by molar-refractivity contribution is -0.140. The van der Waals surface area contributed by atoms with Crippen LogP contribution in [-0.4, -0.2) is 42.5 Å². The molecule has 9 nitrogen and oxygen atoms in total. The number of aromatic amines is 1. The molecule has 0 fully saturated rings. The highest BCUT2D eigenvalue weighted by molar-refractivity contribution is 5.87. The lowest BCUT2D eigenvalue weighted by Gasteiger charge is -2.35. The van der Waals surface area contributed by atoms with Gasteiger partial charge in [0.25, 0.3) is 5.56 Å². The number of para-hydroxylation sites is 1. The van der Waals surface area contributed by atoms with Crippen LogP contribution in [0.5, 0.6) is 0 Å². The molecule has 166 valence electrons. The SMILES string of the molecule is NC(=O)[C@@H]1Cc2ccccc2CN1C(=O)CCc1nc2c(cnn2-c2ccccc2)c(=O)[nH]1. The van der Waals surface area contributed by atoms with Crippen LogP contribution in [0.3, 0.4) is 0 Å². The number of hydrogen-bond donors (Lipinski definition) is 2. The zero-order chi connectivity index (χ0) is 22.9. The summed E-state index contributed by atoms with van der Waals surface area (Å²) in [6.07, 6.45) is 2.17. The van der Waals surface area contributed by atoms with E-state index in [2.05, 4.69) is 15.1 Å². The average Bonchev–Trinajstić information content (AvgIpc) is 3.27. The van der Waals surface area contributed by atoms with Crippen LogP contribution >= 0.6 is 0 Å². The summed E-state index contributed by atoms with van der Waals surface area (Å²) in [5.41, 5.74) is 8.52. The summed E-state index contributed by atoms with van der Waals surface area (Å²) in [5.74, 6) is -0.364. The van der Waals surface area contributed by atoms with Gasteiger partial charge in [0.15, 0.2) is 5.65 Å². The predicted molar refractivity (Wildman–Crippen MR) is 121 cm³/mol. The number of H-pyrrole nitrogens is 1. The second-order valence-corrected chi connectivity index (χ2v) is 8.05. The Kier molecular flexibility index (Phi) is 5.21. The molecule has 0 radical (unpaired) electrons. The van der Waals surface area contributed by atoms with Crippen LogP contribution in [0.1, 0.15) is 23.4 Å². The van der Waals surface area contributed by atoms with Crippen LogP contribution in [0.4, 0.5) is 0 Å². The first-order valence-corrected chi connectivity index (χ1v) is 10.7. The van der Waals surface area contributed by atoms with Gasteiger partial charge in [0.1, 0.15) is 17.3 Å². The molecule has 9 heteroatoms. The molecule has 5 rings (SSSR count). The first-order valence-electron chi connectivity index (χ1n) is 10.7. The van der Waals surface area contributed by atoms with Gasteiger partial charge in [-0.15, -0.1) is 0 Å². The van der Waals surface area contributed by atoms with Crippen molar-refractivity contribution >= 4 is 22.8 Å². The fourth-order valence-corrected chi connectivity index (χ4v) is 4.25. The number of nitrogens with zero attached hydrogens (tertiary/aromatic N) is 4. The average molecular weight is 442 g/mol. The summed E-state index contributed by atoms with van der Waals surface area (Å²) in [7, 11) is 0. The molecule has 33 heavy (non-hydrogen) atoms. The van der Waals surface area contributed by atoms with Crippen LogP contribution in [-0.2, 0) is 29.0 Å². The van der Waals surface area contributed by atoms with Gasteiger partial charge in [-0.2, -0.15) is 5.10 Å². The molecule has 1 aliphatic rings. The van der Waals surface area contributed by atoms with E-state index in [1.807, 2.05) is 54.6 Å². The Morgan fingerprint density at radius 1 is 1.06 bits per heavy atom. The number of benzene rings is 2. The molecule has 3 N–H and O–H groups in total. The molecule has 0 bridgehead atoms. The summed E-state index contributed by atoms with van der Waals surface area (Å²) >= 11 is 0. The number of rotatable bonds is 5. The Morgan fingerprint density at radius 3 is 2.55 bits per heavy atom. The Labute approximate surface area is 188 Å². The Bertz CT molecular complexity index is 1410. The van der Waals surface area contributed by atoms with Crippen molar-refractivity contribution in [3.63, 3.8) is 0 Å². The maximum atomic E-state index is 13.1. The normalized spacial score (nSPS) is 15.4. The van der Waals surface area contributed by atoms with Crippen LogP contribution in [0.25, 0.3) is 16.7 Å². The minimum Gasteiger partial charge on any atom is -0.368 e. The lowest BCUT2D eigenvalue weighted by Crippen LogP contribution is -2.51. The van der Waals surface area contributed by atoms with Gasteiger partial charge in [-0.25, -0.2) is 9.67 Å². The number of fused-ring (bicyclic) bond motifs is 2. The maximum Gasteiger partial charge on any atom is 0.262 e. The number of hydrogen-bond acceptors (Lipinski definition) is 5. The predicted octanol–water partition coefficient (Wildman–Crippen LogP) is 1.48. The molecular weight excluding hydrogens is 420 g/mol. The molecular formula is C24H22N6O3. The third-order valence-electron chi connectivity index (χ3n) is 5.96. The Hall–Kier alpha value is -4.27. The molecule has 2 amide bonds. The maximum absolute atomic E-state index is 13.1. The standard InChI is InChI=1S/C24H22N6O3/c25-22(32)19-12-15-6-4-5-7-16(15)14-29(19)21(31)11-10-20-27-23-18(24(33)28-20)13-26-30(23)17-8-2-1-3-9-17/h1-9,13,19H,10-12,14H2,(H2,25,32)(H,27,28,33)/t19-/m0/s1. The summed E-state index contributed by atoms with van der Waals surface area (Å²) in [5, 5.41) is 4.67. The molecule has 1 aliphatic heterocycles. The van der Waals surface area contributed by atoms with Crippen LogP contribution in [0.2, 0.25) is 0 Å². The fourth-order valence-electron chi connectivity index (χ4n) is 4.25. The van der Waals surface area contributed by atoms with Crippen molar-refractivity contribution in [3.05, 3.63) is 88.1 Å². The van der Waals surface area contributed by atoms with E-state index in [1.54, 1.807) is 4.68 Å². The van der Waals surface area contributed by atoms with Crippen molar-refractivity contribution in [2.45, 2.75) is 31.8 Å². The number of carbonyl (C=O) groups is 2. The Morgan fingerprint density at radius 2 is 1.79 bits per heavy atom. The van der Waals surface area contributed by atoms with Gasteiger partial charge in [-0.3, -0.25) is 14.4 Å². The van der Waals surface area contributed by atoms with Gasteiger partial charge in [0.2, 0.25) is 11.8 Å². The first kappa shape index (κ1) is 20.6. The van der Waals surface area contributed by atoms with E-state index in [1.165, 1.54) is 11.1 Å². The molecule has 0 unspecified atom stereocenters. The summed E-state index contributed by atoms with van der Waals surface area (Å²) in [6.45, 7) is 0.326. The van der Waals surface area contributed by atoms with E-state index in [-0.39, 0.29) is 24.3 Å². The van der Waals surface area contributed by atoms with E-state index >= 15 is 0 Å². The summed E-state index contributed by atoms with van der Waals surface area (Å²) in [4.78, 5) is 46.5. The highest BCUT2D eigenvalue weighted by atomic mass is 16.2. The zero-order valence-corrected chi connectivity index (χ0v) is 17.8. The van der Waals surface area contributed by atoms with Gasteiger partial charge < -0.3 is 15.6 Å². The highest BCUT2D eigenvalue weighted by Crippen LogP contribution is 2.24. The van der Waals surface area contributed by atoms with Gasteiger partial charge in [0.05, 0.1) is 11.9 Å². The number of carbonyl (C=O) groups excluding carboxylic acids is 2. The highest BCUT2D eigenvalue weighted by Gasteiger charge is 2.33. The smallest absolute Gasteiger partial charge is 0.262 e. The van der Waals surface area contributed by atoms with Crippen LogP contribution in [0.15, 0.2) is 65.6 Å². The van der Waals surface area contributed by atoms with E-state index in [0.717, 1.165) is 16.8 Å². The number of nitrogens with one attached hydrogen (secondary N) is 1. The summed E-state index contributed by atoms with van der Waals surface area (Å²) in [6, 6.07) is 16.4. The van der Waals surface area contributed by atoms with Gasteiger partial charge in [-0.1, -0.05) is 42.5 Å². The molecule has 1 atom stereocenters. The molecule has 0 aliphatic carbocycles. The number of primary amides is 1. The van der Waals surface area contributed by atoms with E-state index in [4.69, 9.17) is 5.73 Å². The first-order chi connectivity index (χ1) is 16.0. The molecule has 4 aromatic rings. The van der Waals surface area contributed by atoms with Crippen molar-refractivity contribution in [2.24, 2.45) is 5.73 Å². The monoisotopic (exact) mass is 442 g/mol. The number of aryl methyl sites for hydroxylation is 1. The molecule has 2 aromatic heterocycles. The second-order valence-electron chi connectivity index (χ2n) is 8.05. The topological polar surface area (TPSA) is 127 Å². The minimum atomic E-state index is -0.693. The molecule has 0 saturated carbocycles. The lowest BCUT2D eigenvalue weighted by atomic mass is 9.93. The zero-order valence-electron chi connectivity index (χ0n) is 17.8. The van der Waals surface area contributed by atoms with Gasteiger partial charge >= 0.3 is 0 Å². The molecule has 0 spiro atoms. The quantitative estimate of drug-likeness (QED) is 0.484. The largest absolute Gasteiger partial charge is 0.368 e. The minimum absolute atomic E-state index is 0.0832.